The normalized spacial score (nSPS) is 12.8. The maximum absolute atomic E-state index is 13.3. The van der Waals surface area contributed by atoms with Gasteiger partial charge in [0.15, 0.2) is 0 Å². The first kappa shape index (κ1) is 46.6. The Morgan fingerprint density at radius 1 is 0.774 bits per heavy atom. The lowest BCUT2D eigenvalue weighted by Crippen LogP contribution is -2.51. The molecule has 0 saturated heterocycles. The van der Waals surface area contributed by atoms with Gasteiger partial charge in [0, 0.05) is 43.5 Å². The Balaban J connectivity index is 2.55. The number of alkyl carbamates (subject to hydrolysis) is 1. The van der Waals surface area contributed by atoms with Crippen LogP contribution >= 0.6 is 15.9 Å². The molecule has 17 nitrogen and oxygen atoms in total. The Bertz CT molecular complexity index is 1360. The third kappa shape index (κ3) is 22.3. The van der Waals surface area contributed by atoms with E-state index >= 15 is 0 Å². The number of amides is 5. The first-order valence-corrected chi connectivity index (χ1v) is 18.4. The molecule has 5 amide bonds. The monoisotopic (exact) mass is 814 g/mol. The SMILES string of the molecule is CC(C)(C)OC(=O)NCCCCC(N)C(=O)NCCCCC(=O)N(CCCCC(NC(=O)NC(CCC(=O)O)C(=O)O)C(=O)O)Cc1ccc(Br)cc1. The molecule has 3 unspecified atom stereocenters. The number of benzene rings is 1. The molecule has 0 aliphatic heterocycles. The second kappa shape index (κ2) is 24.7. The van der Waals surface area contributed by atoms with Gasteiger partial charge in [-0.1, -0.05) is 28.1 Å². The number of unbranched alkanes of at least 4 members (excludes halogenated alkanes) is 3. The first-order chi connectivity index (χ1) is 24.9. The maximum Gasteiger partial charge on any atom is 0.407 e. The lowest BCUT2D eigenvalue weighted by molar-refractivity contribution is -0.141. The van der Waals surface area contributed by atoms with E-state index in [1.165, 1.54) is 0 Å². The number of carbonyl (C=O) groups excluding carboxylic acids is 4. The molecule has 0 aromatic heterocycles. The number of aliphatic carboxylic acids is 3. The van der Waals surface area contributed by atoms with E-state index in [1.807, 2.05) is 24.3 Å². The van der Waals surface area contributed by atoms with Gasteiger partial charge < -0.3 is 52.0 Å². The summed E-state index contributed by atoms with van der Waals surface area (Å²) in [6.45, 7) is 6.71. The maximum atomic E-state index is 13.3. The highest BCUT2D eigenvalue weighted by atomic mass is 79.9. The van der Waals surface area contributed by atoms with Gasteiger partial charge in [0.25, 0.3) is 0 Å². The van der Waals surface area contributed by atoms with E-state index in [1.54, 1.807) is 25.7 Å². The number of rotatable bonds is 25. The molecule has 0 fully saturated rings. The summed E-state index contributed by atoms with van der Waals surface area (Å²) in [6, 6.07) is 2.87. The number of carboxylic acids is 3. The summed E-state index contributed by atoms with van der Waals surface area (Å²) >= 11 is 3.40. The van der Waals surface area contributed by atoms with Crippen LogP contribution in [0, 0.1) is 0 Å². The first-order valence-electron chi connectivity index (χ1n) is 17.6. The molecule has 53 heavy (non-hydrogen) atoms. The van der Waals surface area contributed by atoms with Crippen LogP contribution in [-0.4, -0.2) is 105 Å². The molecule has 0 heterocycles. The highest BCUT2D eigenvalue weighted by molar-refractivity contribution is 9.10. The number of nitrogens with one attached hydrogen (secondary N) is 4. The molecule has 1 aromatic rings. The third-order valence-corrected chi connectivity index (χ3v) is 8.26. The second-order valence-corrected chi connectivity index (χ2v) is 14.5. The molecule has 0 saturated carbocycles. The number of carboxylic acid groups (broad SMARTS) is 3. The van der Waals surface area contributed by atoms with E-state index in [2.05, 4.69) is 37.2 Å². The van der Waals surface area contributed by atoms with Crippen LogP contribution in [0.5, 0.6) is 0 Å². The molecular formula is C35H55BrN6O11. The molecule has 18 heteroatoms. The summed E-state index contributed by atoms with van der Waals surface area (Å²) in [4.78, 5) is 85.3. The molecule has 0 aliphatic rings. The molecule has 298 valence electrons. The Morgan fingerprint density at radius 3 is 1.92 bits per heavy atom. The summed E-state index contributed by atoms with van der Waals surface area (Å²) in [7, 11) is 0. The van der Waals surface area contributed by atoms with E-state index in [0.717, 1.165) is 10.0 Å². The Hall–Kier alpha value is -4.45. The number of nitrogens with zero attached hydrogens (tertiary/aromatic N) is 1. The van der Waals surface area contributed by atoms with Gasteiger partial charge >= 0.3 is 30.0 Å². The van der Waals surface area contributed by atoms with Crippen LogP contribution in [0.1, 0.15) is 97.0 Å². The molecule has 0 spiro atoms. The van der Waals surface area contributed by atoms with Crippen molar-refractivity contribution in [1.82, 2.24) is 26.2 Å². The highest BCUT2D eigenvalue weighted by Crippen LogP contribution is 2.15. The third-order valence-electron chi connectivity index (χ3n) is 7.73. The molecular weight excluding hydrogens is 760 g/mol. The number of nitrogens with two attached hydrogens (primary N) is 1. The largest absolute Gasteiger partial charge is 0.481 e. The number of hydrogen-bond acceptors (Lipinski definition) is 9. The van der Waals surface area contributed by atoms with Gasteiger partial charge in [0.1, 0.15) is 17.7 Å². The summed E-state index contributed by atoms with van der Waals surface area (Å²) in [5.74, 6) is -4.44. The van der Waals surface area contributed by atoms with Crippen molar-refractivity contribution >= 4 is 57.8 Å². The number of urea groups is 1. The second-order valence-electron chi connectivity index (χ2n) is 13.5. The minimum atomic E-state index is -1.51. The molecule has 0 radical (unpaired) electrons. The van der Waals surface area contributed by atoms with Crippen molar-refractivity contribution in [1.29, 1.82) is 0 Å². The van der Waals surface area contributed by atoms with Crippen molar-refractivity contribution in [3.63, 3.8) is 0 Å². The number of halogens is 1. The van der Waals surface area contributed by atoms with Gasteiger partial charge in [-0.3, -0.25) is 14.4 Å². The van der Waals surface area contributed by atoms with Gasteiger partial charge in [-0.05, 0) is 96.3 Å². The Kier molecular flexibility index (Phi) is 21.7. The van der Waals surface area contributed by atoms with Crippen LogP contribution in [0.25, 0.3) is 0 Å². The zero-order valence-electron chi connectivity index (χ0n) is 30.7. The van der Waals surface area contributed by atoms with Gasteiger partial charge in [0.05, 0.1) is 6.04 Å². The van der Waals surface area contributed by atoms with Gasteiger partial charge in [-0.2, -0.15) is 0 Å². The van der Waals surface area contributed by atoms with Gasteiger partial charge in [-0.25, -0.2) is 19.2 Å². The summed E-state index contributed by atoms with van der Waals surface area (Å²) in [6.07, 6.45) is 2.35. The zero-order chi connectivity index (χ0) is 40.0. The minimum absolute atomic E-state index is 0.000732. The summed E-state index contributed by atoms with van der Waals surface area (Å²) < 4.78 is 6.06. The lowest BCUT2D eigenvalue weighted by atomic mass is 10.1. The van der Waals surface area contributed by atoms with Crippen molar-refractivity contribution in [2.75, 3.05) is 19.6 Å². The van der Waals surface area contributed by atoms with Crippen LogP contribution in [0.2, 0.25) is 0 Å². The molecule has 9 N–H and O–H groups in total. The fourth-order valence-electron chi connectivity index (χ4n) is 4.92. The van der Waals surface area contributed by atoms with Crippen molar-refractivity contribution in [3.05, 3.63) is 34.3 Å². The van der Waals surface area contributed by atoms with E-state index in [-0.39, 0.29) is 31.1 Å². The standard InChI is InChI=1S/C35H55BrN6O11/c1-35(2,3)53-34(52)39-20-7-4-10-25(37)30(46)38-19-8-5-12-28(43)42(22-23-13-15-24(36)16-14-23)21-9-6-11-26(31(47)48)40-33(51)41-27(32(49)50)17-18-29(44)45/h13-16,25-27H,4-12,17-22,37H2,1-3H3,(H,38,46)(H,39,52)(H,44,45)(H,47,48)(H,49,50)(H2,40,41,51). The number of carbonyl (C=O) groups is 7. The quantitative estimate of drug-likeness (QED) is 0.0661. The number of hydrogen-bond donors (Lipinski definition) is 8. The van der Waals surface area contributed by atoms with Gasteiger partial charge in [0.2, 0.25) is 11.8 Å². The zero-order valence-corrected chi connectivity index (χ0v) is 32.2. The fourth-order valence-corrected chi connectivity index (χ4v) is 5.19. The minimum Gasteiger partial charge on any atom is -0.481 e. The summed E-state index contributed by atoms with van der Waals surface area (Å²) in [5, 5.41) is 37.4. The van der Waals surface area contributed by atoms with Crippen molar-refractivity contribution in [2.24, 2.45) is 5.73 Å². The van der Waals surface area contributed by atoms with Crippen molar-refractivity contribution < 1.29 is 53.6 Å². The van der Waals surface area contributed by atoms with Crippen molar-refractivity contribution in [2.45, 2.75) is 122 Å². The van der Waals surface area contributed by atoms with E-state index in [9.17, 15) is 43.8 Å². The van der Waals surface area contributed by atoms with Crippen molar-refractivity contribution in [3.8, 4) is 0 Å². The Labute approximate surface area is 318 Å². The van der Waals surface area contributed by atoms with Gasteiger partial charge in [-0.15, -0.1) is 0 Å². The average Bonchev–Trinajstić information content (AvgIpc) is 3.06. The topological polar surface area (TPSA) is 267 Å². The average molecular weight is 816 g/mol. The smallest absolute Gasteiger partial charge is 0.407 e. The van der Waals surface area contributed by atoms with Crippen LogP contribution in [-0.2, 0) is 35.3 Å². The fraction of sp³-hybridized carbons (Fsp3) is 0.629. The lowest BCUT2D eigenvalue weighted by Gasteiger charge is -2.24. The van der Waals surface area contributed by atoms with Crippen LogP contribution in [0.3, 0.4) is 0 Å². The molecule has 0 aliphatic carbocycles. The van der Waals surface area contributed by atoms with E-state index in [0.29, 0.717) is 71.1 Å². The summed E-state index contributed by atoms with van der Waals surface area (Å²) in [5.41, 5.74) is 6.32. The molecule has 1 rings (SSSR count). The predicted octanol–water partition coefficient (Wildman–Crippen LogP) is 3.33. The van der Waals surface area contributed by atoms with E-state index in [4.69, 9.17) is 15.6 Å². The van der Waals surface area contributed by atoms with Crippen LogP contribution < -0.4 is 27.0 Å². The molecule has 3 atom stereocenters. The van der Waals surface area contributed by atoms with E-state index < -0.39 is 60.2 Å². The Morgan fingerprint density at radius 2 is 1.34 bits per heavy atom. The molecule has 1 aromatic carbocycles. The number of ether oxygens (including phenoxy) is 1. The molecule has 0 bridgehead atoms. The van der Waals surface area contributed by atoms with Crippen LogP contribution in [0.4, 0.5) is 9.59 Å². The highest BCUT2D eigenvalue weighted by Gasteiger charge is 2.25. The predicted molar refractivity (Wildman–Crippen MR) is 198 cm³/mol. The van der Waals surface area contributed by atoms with Crippen LogP contribution in [0.15, 0.2) is 28.7 Å².